The molecule has 0 saturated heterocycles. The summed E-state index contributed by atoms with van der Waals surface area (Å²) in [6, 6.07) is 16.4. The average Bonchev–Trinajstić information content (AvgIpc) is 2.83. The van der Waals surface area contributed by atoms with Crippen LogP contribution < -0.4 is 0 Å². The summed E-state index contributed by atoms with van der Waals surface area (Å²) in [5.41, 5.74) is 3.40. The predicted molar refractivity (Wildman–Crippen MR) is 85.4 cm³/mol. The summed E-state index contributed by atoms with van der Waals surface area (Å²) in [7, 11) is 2.10. The van der Waals surface area contributed by atoms with E-state index in [9.17, 15) is 0 Å². The van der Waals surface area contributed by atoms with Gasteiger partial charge in [0.1, 0.15) is 5.82 Å². The van der Waals surface area contributed by atoms with E-state index in [2.05, 4.69) is 62.1 Å². The van der Waals surface area contributed by atoms with Crippen LogP contribution in [0.1, 0.15) is 11.4 Å². The van der Waals surface area contributed by atoms with Gasteiger partial charge in [-0.15, -0.1) is 0 Å². The number of fused-ring (bicyclic) bond motifs is 1. The first-order valence-electron chi connectivity index (χ1n) is 6.58. The fourth-order valence-electron chi connectivity index (χ4n) is 2.31. The number of aromatic nitrogens is 2. The highest BCUT2D eigenvalue weighted by Gasteiger charge is 2.07. The zero-order chi connectivity index (χ0) is 13.9. The Bertz CT molecular complexity index is 687. The van der Waals surface area contributed by atoms with Crippen LogP contribution in [0.3, 0.4) is 0 Å². The summed E-state index contributed by atoms with van der Waals surface area (Å²) in [5.74, 6) is 1.00. The molecule has 0 unspecified atom stereocenters. The van der Waals surface area contributed by atoms with E-state index in [1.165, 1.54) is 5.56 Å². The number of nitrogens with zero attached hydrogens (tertiary/aromatic N) is 2. The van der Waals surface area contributed by atoms with Crippen LogP contribution in [-0.4, -0.2) is 21.9 Å². The molecule has 1 heterocycles. The highest BCUT2D eigenvalue weighted by molar-refractivity contribution is 9.10. The summed E-state index contributed by atoms with van der Waals surface area (Å²) in [5, 5.41) is 0. The third-order valence-electron chi connectivity index (χ3n) is 3.26. The van der Waals surface area contributed by atoms with Gasteiger partial charge in [-0.2, -0.15) is 0 Å². The van der Waals surface area contributed by atoms with E-state index >= 15 is 0 Å². The van der Waals surface area contributed by atoms with Gasteiger partial charge in [-0.25, -0.2) is 4.98 Å². The van der Waals surface area contributed by atoms with Crippen molar-refractivity contribution in [1.82, 2.24) is 14.9 Å². The first-order chi connectivity index (χ1) is 9.72. The van der Waals surface area contributed by atoms with Crippen molar-refractivity contribution in [2.45, 2.75) is 13.1 Å². The molecule has 102 valence electrons. The molecular weight excluding hydrogens is 314 g/mol. The minimum Gasteiger partial charge on any atom is -0.341 e. The Kier molecular flexibility index (Phi) is 3.85. The van der Waals surface area contributed by atoms with Gasteiger partial charge in [0, 0.05) is 11.0 Å². The molecule has 20 heavy (non-hydrogen) atoms. The molecule has 1 aromatic heterocycles. The summed E-state index contributed by atoms with van der Waals surface area (Å²) in [6.07, 6.45) is 0. The van der Waals surface area contributed by atoms with Gasteiger partial charge in [-0.1, -0.05) is 46.3 Å². The highest BCUT2D eigenvalue weighted by atomic mass is 79.9. The van der Waals surface area contributed by atoms with E-state index in [0.717, 1.165) is 34.4 Å². The van der Waals surface area contributed by atoms with E-state index in [0.29, 0.717) is 0 Å². The molecule has 3 rings (SSSR count). The minimum atomic E-state index is 0.802. The van der Waals surface area contributed by atoms with E-state index in [1.807, 2.05) is 24.3 Å². The first kappa shape index (κ1) is 13.3. The molecule has 0 radical (unpaired) electrons. The van der Waals surface area contributed by atoms with Crippen molar-refractivity contribution in [3.63, 3.8) is 0 Å². The SMILES string of the molecule is CN(Cc1nc2ccccc2[nH]1)Cc1ccccc1Br. The summed E-state index contributed by atoms with van der Waals surface area (Å²) >= 11 is 3.59. The van der Waals surface area contributed by atoms with Crippen molar-refractivity contribution >= 4 is 27.0 Å². The lowest BCUT2D eigenvalue weighted by Gasteiger charge is -2.16. The van der Waals surface area contributed by atoms with Gasteiger partial charge < -0.3 is 4.98 Å². The smallest absolute Gasteiger partial charge is 0.121 e. The molecule has 0 amide bonds. The van der Waals surface area contributed by atoms with Crippen LogP contribution in [0.15, 0.2) is 53.0 Å². The Labute approximate surface area is 126 Å². The number of para-hydroxylation sites is 2. The molecule has 0 spiro atoms. The maximum Gasteiger partial charge on any atom is 0.121 e. The fourth-order valence-corrected chi connectivity index (χ4v) is 2.72. The second-order valence-electron chi connectivity index (χ2n) is 4.96. The van der Waals surface area contributed by atoms with E-state index < -0.39 is 0 Å². The van der Waals surface area contributed by atoms with Crippen LogP contribution in [-0.2, 0) is 13.1 Å². The Morgan fingerprint density at radius 3 is 2.60 bits per heavy atom. The summed E-state index contributed by atoms with van der Waals surface area (Å²) in [6.45, 7) is 1.69. The highest BCUT2D eigenvalue weighted by Crippen LogP contribution is 2.18. The molecule has 0 aliphatic heterocycles. The molecule has 0 aliphatic carbocycles. The van der Waals surface area contributed by atoms with Crippen molar-refractivity contribution in [1.29, 1.82) is 0 Å². The zero-order valence-corrected chi connectivity index (χ0v) is 12.9. The summed E-state index contributed by atoms with van der Waals surface area (Å²) in [4.78, 5) is 10.2. The number of benzene rings is 2. The zero-order valence-electron chi connectivity index (χ0n) is 11.3. The number of hydrogen-bond donors (Lipinski definition) is 1. The molecule has 0 bridgehead atoms. The second-order valence-corrected chi connectivity index (χ2v) is 5.82. The molecule has 0 fully saturated rings. The van der Waals surface area contributed by atoms with Gasteiger partial charge in [-0.3, -0.25) is 4.90 Å². The van der Waals surface area contributed by atoms with Crippen molar-refractivity contribution in [2.24, 2.45) is 0 Å². The topological polar surface area (TPSA) is 31.9 Å². The van der Waals surface area contributed by atoms with Gasteiger partial charge in [0.25, 0.3) is 0 Å². The molecule has 0 saturated carbocycles. The Hall–Kier alpha value is -1.65. The molecule has 0 aliphatic rings. The molecule has 0 atom stereocenters. The normalized spacial score (nSPS) is 11.3. The molecule has 1 N–H and O–H groups in total. The number of hydrogen-bond acceptors (Lipinski definition) is 2. The standard InChI is InChI=1S/C16H16BrN3/c1-20(10-12-6-2-3-7-13(12)17)11-16-18-14-8-4-5-9-15(14)19-16/h2-9H,10-11H2,1H3,(H,18,19). The fraction of sp³-hybridized carbons (Fsp3) is 0.188. The van der Waals surface area contributed by atoms with Crippen LogP contribution in [0.2, 0.25) is 0 Å². The van der Waals surface area contributed by atoms with E-state index in [-0.39, 0.29) is 0 Å². The van der Waals surface area contributed by atoms with Crippen molar-refractivity contribution in [2.75, 3.05) is 7.05 Å². The Balaban J connectivity index is 1.72. The Morgan fingerprint density at radius 2 is 1.80 bits per heavy atom. The average molecular weight is 330 g/mol. The molecule has 3 aromatic rings. The predicted octanol–water partition coefficient (Wildman–Crippen LogP) is 3.96. The first-order valence-corrected chi connectivity index (χ1v) is 7.37. The maximum absolute atomic E-state index is 4.61. The van der Waals surface area contributed by atoms with E-state index in [4.69, 9.17) is 0 Å². The molecule has 2 aromatic carbocycles. The van der Waals surface area contributed by atoms with Gasteiger partial charge in [0.2, 0.25) is 0 Å². The van der Waals surface area contributed by atoms with Gasteiger partial charge in [0.15, 0.2) is 0 Å². The number of aromatic amines is 1. The molecular formula is C16H16BrN3. The van der Waals surface area contributed by atoms with Crippen LogP contribution in [0.25, 0.3) is 11.0 Å². The number of rotatable bonds is 4. The maximum atomic E-state index is 4.61. The minimum absolute atomic E-state index is 0.802. The second kappa shape index (κ2) is 5.77. The van der Waals surface area contributed by atoms with Gasteiger partial charge >= 0.3 is 0 Å². The lowest BCUT2D eigenvalue weighted by atomic mass is 10.2. The van der Waals surface area contributed by atoms with Crippen LogP contribution in [0.5, 0.6) is 0 Å². The third-order valence-corrected chi connectivity index (χ3v) is 4.03. The number of halogens is 1. The monoisotopic (exact) mass is 329 g/mol. The van der Waals surface area contributed by atoms with E-state index in [1.54, 1.807) is 0 Å². The van der Waals surface area contributed by atoms with Crippen LogP contribution in [0.4, 0.5) is 0 Å². The molecule has 4 heteroatoms. The van der Waals surface area contributed by atoms with Crippen molar-refractivity contribution < 1.29 is 0 Å². The van der Waals surface area contributed by atoms with Crippen molar-refractivity contribution in [3.05, 3.63) is 64.4 Å². The summed E-state index contributed by atoms with van der Waals surface area (Å²) < 4.78 is 1.15. The van der Waals surface area contributed by atoms with Crippen molar-refractivity contribution in [3.8, 4) is 0 Å². The number of nitrogens with one attached hydrogen (secondary N) is 1. The third kappa shape index (κ3) is 2.92. The quantitative estimate of drug-likeness (QED) is 0.785. The number of H-pyrrole nitrogens is 1. The lowest BCUT2D eigenvalue weighted by molar-refractivity contribution is 0.311. The number of imidazole rings is 1. The van der Waals surface area contributed by atoms with Gasteiger partial charge in [0.05, 0.1) is 17.6 Å². The van der Waals surface area contributed by atoms with Crippen LogP contribution >= 0.6 is 15.9 Å². The lowest BCUT2D eigenvalue weighted by Crippen LogP contribution is -2.18. The largest absolute Gasteiger partial charge is 0.341 e. The molecule has 3 nitrogen and oxygen atoms in total. The van der Waals surface area contributed by atoms with Gasteiger partial charge in [-0.05, 0) is 30.8 Å². The Morgan fingerprint density at radius 1 is 1.05 bits per heavy atom. The van der Waals surface area contributed by atoms with Crippen LogP contribution in [0, 0.1) is 0 Å².